The average Bonchev–Trinajstić information content (AvgIpc) is 3.09. The van der Waals surface area contributed by atoms with E-state index in [1.165, 1.54) is 0 Å². The number of nitrogens with zero attached hydrogens (tertiary/aromatic N) is 4. The molecule has 1 saturated carbocycles. The number of amides is 2. The summed E-state index contributed by atoms with van der Waals surface area (Å²) in [5.41, 5.74) is 1.15. The highest BCUT2D eigenvalue weighted by Gasteiger charge is 2.56. The number of hydrogen-bond acceptors (Lipinski definition) is 5. The van der Waals surface area contributed by atoms with Crippen LogP contribution in [0.25, 0.3) is 0 Å². The van der Waals surface area contributed by atoms with Gasteiger partial charge in [0.15, 0.2) is 0 Å². The molecule has 2 heterocycles. The van der Waals surface area contributed by atoms with Crippen molar-refractivity contribution in [2.45, 2.75) is 24.9 Å². The Morgan fingerprint density at radius 2 is 1.85 bits per heavy atom. The van der Waals surface area contributed by atoms with Crippen LogP contribution in [0.4, 0.5) is 0 Å². The molecule has 1 aromatic carbocycles. The van der Waals surface area contributed by atoms with Gasteiger partial charge in [-0.2, -0.15) is 10.5 Å². The molecule has 2 saturated heterocycles. The summed E-state index contributed by atoms with van der Waals surface area (Å²) in [6.45, 7) is 2.32. The molecule has 27 heavy (non-hydrogen) atoms. The molecule has 0 spiro atoms. The molecule has 0 radical (unpaired) electrons. The van der Waals surface area contributed by atoms with E-state index >= 15 is 0 Å². The van der Waals surface area contributed by atoms with Crippen LogP contribution in [0.1, 0.15) is 28.8 Å². The Balaban J connectivity index is 1.25. The van der Waals surface area contributed by atoms with Gasteiger partial charge in [0.1, 0.15) is 6.04 Å². The molecule has 2 unspecified atom stereocenters. The van der Waals surface area contributed by atoms with Gasteiger partial charge in [0.25, 0.3) is 5.91 Å². The molecule has 4 rings (SSSR count). The summed E-state index contributed by atoms with van der Waals surface area (Å²) in [5, 5.41) is 21.3. The fourth-order valence-corrected chi connectivity index (χ4v) is 4.37. The Morgan fingerprint density at radius 3 is 2.48 bits per heavy atom. The zero-order valence-corrected chi connectivity index (χ0v) is 15.0. The van der Waals surface area contributed by atoms with Crippen LogP contribution in [-0.4, -0.2) is 59.9 Å². The lowest BCUT2D eigenvalue weighted by molar-refractivity contribution is -0.130. The van der Waals surface area contributed by atoms with Crippen molar-refractivity contribution in [3.05, 3.63) is 35.4 Å². The Kier molecular flexibility index (Phi) is 4.55. The molecule has 1 N–H and O–H groups in total. The monoisotopic (exact) mass is 363 g/mol. The highest BCUT2D eigenvalue weighted by atomic mass is 16.2. The van der Waals surface area contributed by atoms with Crippen LogP contribution in [0, 0.1) is 34.5 Å². The van der Waals surface area contributed by atoms with Gasteiger partial charge >= 0.3 is 0 Å². The van der Waals surface area contributed by atoms with Gasteiger partial charge in [-0.25, -0.2) is 0 Å². The highest BCUT2D eigenvalue weighted by molar-refractivity contribution is 5.94. The number of piperidine rings is 1. The van der Waals surface area contributed by atoms with Crippen molar-refractivity contribution in [1.29, 1.82) is 10.5 Å². The van der Waals surface area contributed by atoms with Gasteiger partial charge in [-0.15, -0.1) is 0 Å². The van der Waals surface area contributed by atoms with E-state index in [2.05, 4.69) is 17.5 Å². The second-order valence-electron chi connectivity index (χ2n) is 7.51. The zero-order chi connectivity index (χ0) is 19.0. The molecule has 1 aliphatic carbocycles. The lowest BCUT2D eigenvalue weighted by Crippen LogP contribution is -2.43. The molecule has 3 aliphatic rings. The van der Waals surface area contributed by atoms with E-state index in [9.17, 15) is 9.59 Å². The van der Waals surface area contributed by atoms with E-state index in [0.29, 0.717) is 42.6 Å². The van der Waals surface area contributed by atoms with E-state index < -0.39 is 0 Å². The minimum Gasteiger partial charge on any atom is -0.338 e. The fraction of sp³-hybridized carbons (Fsp3) is 0.500. The van der Waals surface area contributed by atoms with Crippen molar-refractivity contribution >= 4 is 11.8 Å². The number of benzene rings is 1. The number of rotatable bonds is 4. The lowest BCUT2D eigenvalue weighted by Gasteiger charge is -2.22. The summed E-state index contributed by atoms with van der Waals surface area (Å²) in [4.78, 5) is 28.4. The van der Waals surface area contributed by atoms with Crippen molar-refractivity contribution < 1.29 is 9.59 Å². The van der Waals surface area contributed by atoms with Crippen LogP contribution >= 0.6 is 0 Å². The first kappa shape index (κ1) is 17.5. The standard InChI is InChI=1S/C20H21N5O2/c21-8-13-3-5-14(6-4-13)20(27)24-11-16-17(12-24)19(16)23-10-18(26)25-7-1-2-15(25)9-22/h3-6,15-17,19,23H,1-2,7,10-12H2/t15-,16?,17?,19?/m0/s1. The Bertz CT molecular complexity index is 825. The number of nitrogens with one attached hydrogen (secondary N) is 1. The topological polar surface area (TPSA) is 100 Å². The van der Waals surface area contributed by atoms with Crippen LogP contribution in [0.2, 0.25) is 0 Å². The lowest BCUT2D eigenvalue weighted by atomic mass is 10.1. The van der Waals surface area contributed by atoms with Crippen molar-refractivity contribution in [3.8, 4) is 12.1 Å². The number of hydrogen-bond donors (Lipinski definition) is 1. The third kappa shape index (κ3) is 3.27. The van der Waals surface area contributed by atoms with Gasteiger partial charge in [0.2, 0.25) is 5.91 Å². The smallest absolute Gasteiger partial charge is 0.253 e. The second kappa shape index (κ2) is 7.02. The molecule has 0 aromatic heterocycles. The van der Waals surface area contributed by atoms with Crippen molar-refractivity contribution in [2.75, 3.05) is 26.2 Å². The first-order chi connectivity index (χ1) is 13.1. The maximum atomic E-state index is 12.6. The van der Waals surface area contributed by atoms with Gasteiger partial charge in [-0.1, -0.05) is 0 Å². The van der Waals surface area contributed by atoms with Crippen LogP contribution in [0.15, 0.2) is 24.3 Å². The molecular weight excluding hydrogens is 342 g/mol. The molecule has 0 bridgehead atoms. The molecule has 7 nitrogen and oxygen atoms in total. The quantitative estimate of drug-likeness (QED) is 0.850. The number of likely N-dealkylation sites (tertiary alicyclic amines) is 2. The van der Waals surface area contributed by atoms with Crippen LogP contribution in [0.5, 0.6) is 0 Å². The van der Waals surface area contributed by atoms with Gasteiger partial charge < -0.3 is 15.1 Å². The largest absolute Gasteiger partial charge is 0.338 e. The summed E-state index contributed by atoms with van der Waals surface area (Å²) < 4.78 is 0. The van der Waals surface area contributed by atoms with E-state index in [0.717, 1.165) is 12.8 Å². The molecule has 1 aromatic rings. The molecule has 7 heteroatoms. The van der Waals surface area contributed by atoms with E-state index in [1.807, 2.05) is 4.90 Å². The van der Waals surface area contributed by atoms with Crippen LogP contribution < -0.4 is 5.32 Å². The summed E-state index contributed by atoms with van der Waals surface area (Å²) in [5.74, 6) is 0.779. The maximum absolute atomic E-state index is 12.6. The zero-order valence-electron chi connectivity index (χ0n) is 15.0. The summed E-state index contributed by atoms with van der Waals surface area (Å²) in [6.07, 6.45) is 1.66. The normalized spacial score (nSPS) is 28.4. The summed E-state index contributed by atoms with van der Waals surface area (Å²) in [7, 11) is 0. The van der Waals surface area contributed by atoms with Crippen molar-refractivity contribution in [1.82, 2.24) is 15.1 Å². The number of carbonyl (C=O) groups is 2. The van der Waals surface area contributed by atoms with Gasteiger partial charge in [0, 0.05) is 31.2 Å². The molecule has 3 fully saturated rings. The minimum absolute atomic E-state index is 0.00422. The van der Waals surface area contributed by atoms with Crippen LogP contribution in [-0.2, 0) is 4.79 Å². The predicted octanol–water partition coefficient (Wildman–Crippen LogP) is 0.733. The second-order valence-corrected chi connectivity index (χ2v) is 7.51. The Labute approximate surface area is 158 Å². The van der Waals surface area contributed by atoms with E-state index in [1.54, 1.807) is 29.2 Å². The van der Waals surface area contributed by atoms with Crippen molar-refractivity contribution in [2.24, 2.45) is 11.8 Å². The third-order valence-electron chi connectivity index (χ3n) is 5.95. The first-order valence-electron chi connectivity index (χ1n) is 9.34. The molecule has 2 amide bonds. The number of carbonyl (C=O) groups excluding carboxylic acids is 2. The minimum atomic E-state index is -0.279. The van der Waals surface area contributed by atoms with Crippen LogP contribution in [0.3, 0.4) is 0 Å². The van der Waals surface area contributed by atoms with E-state index in [-0.39, 0.29) is 30.4 Å². The molecular formula is C20H21N5O2. The number of fused-ring (bicyclic) bond motifs is 1. The van der Waals surface area contributed by atoms with Gasteiger partial charge in [-0.05, 0) is 48.9 Å². The van der Waals surface area contributed by atoms with Gasteiger partial charge in [0.05, 0.1) is 24.2 Å². The molecule has 3 atom stereocenters. The fourth-order valence-electron chi connectivity index (χ4n) is 4.37. The Hall–Kier alpha value is -2.90. The van der Waals surface area contributed by atoms with E-state index in [4.69, 9.17) is 10.5 Å². The molecule has 138 valence electrons. The Morgan fingerprint density at radius 1 is 1.15 bits per heavy atom. The predicted molar refractivity (Wildman–Crippen MR) is 96.2 cm³/mol. The SMILES string of the molecule is N#Cc1ccc(C(=O)N2CC3C(C2)C3NCC(=O)N2CCC[C@H]2C#N)cc1. The highest BCUT2D eigenvalue weighted by Crippen LogP contribution is 2.45. The third-order valence-corrected chi connectivity index (χ3v) is 5.95. The summed E-state index contributed by atoms with van der Waals surface area (Å²) in [6, 6.07) is 11.0. The van der Waals surface area contributed by atoms with Crippen molar-refractivity contribution in [3.63, 3.8) is 0 Å². The average molecular weight is 363 g/mol. The molecule has 2 aliphatic heterocycles. The maximum Gasteiger partial charge on any atom is 0.253 e. The summed E-state index contributed by atoms with van der Waals surface area (Å²) >= 11 is 0. The van der Waals surface area contributed by atoms with Gasteiger partial charge in [-0.3, -0.25) is 9.59 Å². The number of nitriles is 2. The first-order valence-corrected chi connectivity index (χ1v) is 9.34.